The standard InChI is InChI=1S/C13H13F3N2S/c1-8-18-11(7-19-8)6-12(17)9-2-4-10(5-3-9)13(14,15)16/h2-5,7,12H,6,17H2,1H3. The molecule has 2 nitrogen and oxygen atoms in total. The fourth-order valence-corrected chi connectivity index (χ4v) is 2.39. The molecule has 0 saturated heterocycles. The molecule has 0 amide bonds. The number of alkyl halides is 3. The Labute approximate surface area is 113 Å². The van der Waals surface area contributed by atoms with Gasteiger partial charge in [-0.05, 0) is 24.6 Å². The van der Waals surface area contributed by atoms with Crippen molar-refractivity contribution in [1.29, 1.82) is 0 Å². The highest BCUT2D eigenvalue weighted by Gasteiger charge is 2.30. The second-order valence-electron chi connectivity index (χ2n) is 4.29. The fourth-order valence-electron chi connectivity index (χ4n) is 1.76. The van der Waals surface area contributed by atoms with Gasteiger partial charge in [-0.2, -0.15) is 13.2 Å². The Morgan fingerprint density at radius 3 is 2.37 bits per heavy atom. The monoisotopic (exact) mass is 286 g/mol. The fraction of sp³-hybridized carbons (Fsp3) is 0.308. The minimum atomic E-state index is -4.31. The summed E-state index contributed by atoms with van der Waals surface area (Å²) < 4.78 is 37.3. The second-order valence-corrected chi connectivity index (χ2v) is 5.35. The van der Waals surface area contributed by atoms with E-state index in [1.54, 1.807) is 0 Å². The van der Waals surface area contributed by atoms with Crippen molar-refractivity contribution in [3.63, 3.8) is 0 Å². The maximum absolute atomic E-state index is 12.4. The Balaban J connectivity index is 2.09. The third-order valence-electron chi connectivity index (χ3n) is 2.76. The molecule has 0 saturated carbocycles. The molecule has 0 aliphatic heterocycles. The molecular formula is C13H13F3N2S. The van der Waals surface area contributed by atoms with Gasteiger partial charge >= 0.3 is 6.18 Å². The zero-order valence-corrected chi connectivity index (χ0v) is 11.1. The van der Waals surface area contributed by atoms with Gasteiger partial charge in [0.1, 0.15) is 0 Å². The van der Waals surface area contributed by atoms with Crippen molar-refractivity contribution in [3.05, 3.63) is 51.5 Å². The molecule has 6 heteroatoms. The zero-order valence-electron chi connectivity index (χ0n) is 10.2. The van der Waals surface area contributed by atoms with E-state index in [4.69, 9.17) is 5.73 Å². The van der Waals surface area contributed by atoms with Crippen LogP contribution in [0.3, 0.4) is 0 Å². The summed E-state index contributed by atoms with van der Waals surface area (Å²) in [6.45, 7) is 1.90. The third-order valence-corrected chi connectivity index (χ3v) is 3.58. The molecule has 0 spiro atoms. The summed E-state index contributed by atoms with van der Waals surface area (Å²) in [5.74, 6) is 0. The van der Waals surface area contributed by atoms with Crippen LogP contribution < -0.4 is 5.73 Å². The van der Waals surface area contributed by atoms with Crippen molar-refractivity contribution in [3.8, 4) is 0 Å². The molecule has 19 heavy (non-hydrogen) atoms. The number of thiazole rings is 1. The topological polar surface area (TPSA) is 38.9 Å². The molecular weight excluding hydrogens is 273 g/mol. The molecule has 2 aromatic rings. The Kier molecular flexibility index (Phi) is 3.91. The predicted molar refractivity (Wildman–Crippen MR) is 68.9 cm³/mol. The molecule has 0 aliphatic carbocycles. The van der Waals surface area contributed by atoms with E-state index >= 15 is 0 Å². The number of hydrogen-bond acceptors (Lipinski definition) is 3. The molecule has 1 atom stereocenters. The Morgan fingerprint density at radius 1 is 1.26 bits per heavy atom. The Bertz CT molecular complexity index is 546. The molecule has 2 rings (SSSR count). The van der Waals surface area contributed by atoms with Gasteiger partial charge in [0.15, 0.2) is 0 Å². The average Bonchev–Trinajstić information content (AvgIpc) is 2.74. The number of hydrogen-bond donors (Lipinski definition) is 1. The van der Waals surface area contributed by atoms with Gasteiger partial charge in [0.05, 0.1) is 16.3 Å². The van der Waals surface area contributed by atoms with Gasteiger partial charge in [-0.1, -0.05) is 12.1 Å². The van der Waals surface area contributed by atoms with E-state index in [0.717, 1.165) is 22.8 Å². The van der Waals surface area contributed by atoms with Gasteiger partial charge in [0, 0.05) is 17.8 Å². The number of aryl methyl sites for hydroxylation is 1. The summed E-state index contributed by atoms with van der Waals surface area (Å²) in [6, 6.07) is 4.62. The molecule has 0 fully saturated rings. The molecule has 2 N–H and O–H groups in total. The quantitative estimate of drug-likeness (QED) is 0.934. The number of aromatic nitrogens is 1. The highest BCUT2D eigenvalue weighted by molar-refractivity contribution is 7.09. The maximum atomic E-state index is 12.4. The van der Waals surface area contributed by atoms with Gasteiger partial charge in [-0.15, -0.1) is 11.3 Å². The largest absolute Gasteiger partial charge is 0.416 e. The van der Waals surface area contributed by atoms with Crippen LogP contribution in [0.2, 0.25) is 0 Å². The molecule has 0 radical (unpaired) electrons. The Morgan fingerprint density at radius 2 is 1.89 bits per heavy atom. The van der Waals surface area contributed by atoms with Crippen LogP contribution in [0.4, 0.5) is 13.2 Å². The van der Waals surface area contributed by atoms with Gasteiger partial charge in [0.25, 0.3) is 0 Å². The van der Waals surface area contributed by atoms with Crippen LogP contribution in [0.15, 0.2) is 29.6 Å². The lowest BCUT2D eigenvalue weighted by Crippen LogP contribution is -2.14. The lowest BCUT2D eigenvalue weighted by Gasteiger charge is -2.12. The number of nitrogens with zero attached hydrogens (tertiary/aromatic N) is 1. The van der Waals surface area contributed by atoms with Crippen molar-refractivity contribution >= 4 is 11.3 Å². The van der Waals surface area contributed by atoms with Crippen LogP contribution in [0.25, 0.3) is 0 Å². The van der Waals surface area contributed by atoms with Gasteiger partial charge in [-0.3, -0.25) is 0 Å². The summed E-state index contributed by atoms with van der Waals surface area (Å²) in [5.41, 5.74) is 6.87. The van der Waals surface area contributed by atoms with Crippen molar-refractivity contribution < 1.29 is 13.2 Å². The molecule has 0 aliphatic rings. The first-order chi connectivity index (χ1) is 8.86. The van der Waals surface area contributed by atoms with Crippen molar-refractivity contribution in [2.24, 2.45) is 5.73 Å². The van der Waals surface area contributed by atoms with E-state index in [0.29, 0.717) is 12.0 Å². The average molecular weight is 286 g/mol. The summed E-state index contributed by atoms with van der Waals surface area (Å²) in [7, 11) is 0. The summed E-state index contributed by atoms with van der Waals surface area (Å²) in [5, 5.41) is 2.87. The van der Waals surface area contributed by atoms with Crippen molar-refractivity contribution in [2.75, 3.05) is 0 Å². The predicted octanol–water partition coefficient (Wildman–Crippen LogP) is 3.71. The van der Waals surface area contributed by atoms with Gasteiger partial charge in [-0.25, -0.2) is 4.98 Å². The highest BCUT2D eigenvalue weighted by Crippen LogP contribution is 2.30. The summed E-state index contributed by atoms with van der Waals surface area (Å²) >= 11 is 1.53. The number of rotatable bonds is 3. The van der Waals surface area contributed by atoms with Crippen molar-refractivity contribution in [1.82, 2.24) is 4.98 Å². The molecule has 102 valence electrons. The Hall–Kier alpha value is -1.40. The van der Waals surface area contributed by atoms with E-state index in [-0.39, 0.29) is 6.04 Å². The van der Waals surface area contributed by atoms with Gasteiger partial charge < -0.3 is 5.73 Å². The zero-order chi connectivity index (χ0) is 14.0. The molecule has 0 bridgehead atoms. The highest BCUT2D eigenvalue weighted by atomic mass is 32.1. The summed E-state index contributed by atoms with van der Waals surface area (Å²) in [4.78, 5) is 4.29. The molecule has 1 unspecified atom stereocenters. The van der Waals surface area contributed by atoms with E-state index in [9.17, 15) is 13.2 Å². The first kappa shape index (κ1) is 14.0. The van der Waals surface area contributed by atoms with E-state index in [1.165, 1.54) is 23.5 Å². The molecule has 1 aromatic heterocycles. The van der Waals surface area contributed by atoms with Crippen LogP contribution in [0.1, 0.15) is 27.9 Å². The van der Waals surface area contributed by atoms with Crippen LogP contribution in [0, 0.1) is 6.92 Å². The van der Waals surface area contributed by atoms with E-state index in [2.05, 4.69) is 4.98 Å². The van der Waals surface area contributed by atoms with Gasteiger partial charge in [0.2, 0.25) is 0 Å². The number of benzene rings is 1. The first-order valence-electron chi connectivity index (χ1n) is 5.70. The lowest BCUT2D eigenvalue weighted by atomic mass is 10.0. The lowest BCUT2D eigenvalue weighted by molar-refractivity contribution is -0.137. The normalized spacial score (nSPS) is 13.5. The SMILES string of the molecule is Cc1nc(CC(N)c2ccc(C(F)(F)F)cc2)cs1. The third kappa shape index (κ3) is 3.54. The second kappa shape index (κ2) is 5.30. The van der Waals surface area contributed by atoms with E-state index < -0.39 is 11.7 Å². The minimum absolute atomic E-state index is 0.344. The minimum Gasteiger partial charge on any atom is -0.324 e. The van der Waals surface area contributed by atoms with Crippen LogP contribution in [-0.2, 0) is 12.6 Å². The first-order valence-corrected chi connectivity index (χ1v) is 6.58. The smallest absolute Gasteiger partial charge is 0.324 e. The van der Waals surface area contributed by atoms with Crippen molar-refractivity contribution in [2.45, 2.75) is 25.6 Å². The number of nitrogens with two attached hydrogens (primary N) is 1. The van der Waals surface area contributed by atoms with E-state index in [1.807, 2.05) is 12.3 Å². The molecule has 1 aromatic carbocycles. The number of halogens is 3. The maximum Gasteiger partial charge on any atom is 0.416 e. The van der Waals surface area contributed by atoms with Crippen LogP contribution in [-0.4, -0.2) is 4.98 Å². The van der Waals surface area contributed by atoms with Crippen LogP contribution in [0.5, 0.6) is 0 Å². The van der Waals surface area contributed by atoms with Crippen LogP contribution >= 0.6 is 11.3 Å². The summed E-state index contributed by atoms with van der Waals surface area (Å²) in [6.07, 6.45) is -3.79. The molecule has 1 heterocycles.